The largest absolute Gasteiger partial charge is 0.309 e. The van der Waals surface area contributed by atoms with Gasteiger partial charge in [-0.1, -0.05) is 38.3 Å². The molecule has 0 radical (unpaired) electrons. The van der Waals surface area contributed by atoms with Gasteiger partial charge >= 0.3 is 0 Å². The number of allylic oxidation sites excluding steroid dienone is 2. The Hall–Kier alpha value is -0.300. The number of unbranched alkanes of at least 4 members (excludes halogenated alkanes) is 5. The minimum atomic E-state index is 1.21. The van der Waals surface area contributed by atoms with Gasteiger partial charge in [0, 0.05) is 0 Å². The van der Waals surface area contributed by atoms with Gasteiger partial charge in [-0.2, -0.15) is 0 Å². The molecule has 0 atom stereocenters. The van der Waals surface area contributed by atoms with Gasteiger partial charge in [0.15, 0.2) is 0 Å². The maximum atomic E-state index is 2.35. The first-order valence-corrected chi connectivity index (χ1v) is 6.07. The Morgan fingerprint density at radius 1 is 0.857 bits per heavy atom. The van der Waals surface area contributed by atoms with Gasteiger partial charge in [-0.05, 0) is 46.3 Å². The monoisotopic (exact) mass is 197 g/mol. The molecule has 84 valence electrons. The molecule has 0 aliphatic rings. The van der Waals surface area contributed by atoms with E-state index in [0.29, 0.717) is 0 Å². The SMILES string of the molecule is CCCCCC/C=C\CCCN(C)C. The van der Waals surface area contributed by atoms with Crippen LogP contribution >= 0.6 is 0 Å². The molecule has 0 aromatic rings. The Balaban J connectivity index is 3.04. The van der Waals surface area contributed by atoms with Crippen molar-refractivity contribution < 1.29 is 0 Å². The van der Waals surface area contributed by atoms with Gasteiger partial charge in [-0.25, -0.2) is 0 Å². The summed E-state index contributed by atoms with van der Waals surface area (Å²) in [6.07, 6.45) is 14.0. The van der Waals surface area contributed by atoms with Crippen molar-refractivity contribution in [3.63, 3.8) is 0 Å². The van der Waals surface area contributed by atoms with Crippen molar-refractivity contribution in [3.05, 3.63) is 12.2 Å². The van der Waals surface area contributed by atoms with Crippen molar-refractivity contribution in [3.8, 4) is 0 Å². The van der Waals surface area contributed by atoms with Gasteiger partial charge in [0.05, 0.1) is 0 Å². The van der Waals surface area contributed by atoms with Gasteiger partial charge in [-0.3, -0.25) is 0 Å². The average molecular weight is 197 g/mol. The number of rotatable bonds is 9. The van der Waals surface area contributed by atoms with Gasteiger partial charge < -0.3 is 4.90 Å². The summed E-state index contributed by atoms with van der Waals surface area (Å²) in [5.74, 6) is 0. The highest BCUT2D eigenvalue weighted by molar-refractivity contribution is 4.81. The highest BCUT2D eigenvalue weighted by Gasteiger charge is 1.87. The van der Waals surface area contributed by atoms with Gasteiger partial charge in [-0.15, -0.1) is 0 Å². The minimum Gasteiger partial charge on any atom is -0.309 e. The molecule has 0 saturated heterocycles. The van der Waals surface area contributed by atoms with Crippen LogP contribution in [-0.4, -0.2) is 25.5 Å². The summed E-state index contributed by atoms with van der Waals surface area (Å²) in [5.41, 5.74) is 0. The Kier molecular flexibility index (Phi) is 10.5. The summed E-state index contributed by atoms with van der Waals surface area (Å²) in [6, 6.07) is 0. The maximum absolute atomic E-state index is 2.35. The first-order valence-electron chi connectivity index (χ1n) is 6.07. The molecule has 0 heterocycles. The lowest BCUT2D eigenvalue weighted by atomic mass is 10.1. The van der Waals surface area contributed by atoms with Crippen LogP contribution < -0.4 is 0 Å². The van der Waals surface area contributed by atoms with E-state index in [-0.39, 0.29) is 0 Å². The predicted octanol–water partition coefficient (Wildman–Crippen LogP) is 3.85. The second kappa shape index (κ2) is 10.8. The van der Waals surface area contributed by atoms with E-state index in [2.05, 4.69) is 38.1 Å². The first kappa shape index (κ1) is 13.7. The Labute approximate surface area is 90.2 Å². The minimum absolute atomic E-state index is 1.21. The van der Waals surface area contributed by atoms with Crippen LogP contribution in [0.3, 0.4) is 0 Å². The molecule has 0 N–H and O–H groups in total. The topological polar surface area (TPSA) is 3.24 Å². The molecule has 0 amide bonds. The van der Waals surface area contributed by atoms with E-state index in [1.165, 1.54) is 51.5 Å². The van der Waals surface area contributed by atoms with Crippen LogP contribution in [0.5, 0.6) is 0 Å². The fraction of sp³-hybridized carbons (Fsp3) is 0.846. The van der Waals surface area contributed by atoms with E-state index in [9.17, 15) is 0 Å². The molecule has 1 nitrogen and oxygen atoms in total. The van der Waals surface area contributed by atoms with Crippen LogP contribution in [0.4, 0.5) is 0 Å². The zero-order valence-electron chi connectivity index (χ0n) is 10.3. The first-order chi connectivity index (χ1) is 6.77. The zero-order valence-corrected chi connectivity index (χ0v) is 10.3. The van der Waals surface area contributed by atoms with Gasteiger partial charge in [0.1, 0.15) is 0 Å². The van der Waals surface area contributed by atoms with E-state index in [0.717, 1.165) is 0 Å². The van der Waals surface area contributed by atoms with E-state index < -0.39 is 0 Å². The van der Waals surface area contributed by atoms with Crippen molar-refractivity contribution in [1.82, 2.24) is 4.90 Å². The Morgan fingerprint density at radius 2 is 1.50 bits per heavy atom. The number of hydrogen-bond donors (Lipinski definition) is 0. The molecular weight excluding hydrogens is 170 g/mol. The van der Waals surface area contributed by atoms with Crippen molar-refractivity contribution in [2.45, 2.75) is 51.9 Å². The summed E-state index contributed by atoms with van der Waals surface area (Å²) >= 11 is 0. The second-order valence-electron chi connectivity index (χ2n) is 4.27. The smallest absolute Gasteiger partial charge is 0.00219 e. The molecule has 0 aliphatic heterocycles. The molecule has 0 rings (SSSR count). The summed E-state index contributed by atoms with van der Waals surface area (Å²) in [6.45, 7) is 3.47. The molecule has 1 heteroatoms. The lowest BCUT2D eigenvalue weighted by molar-refractivity contribution is 0.402. The quantitative estimate of drug-likeness (QED) is 0.401. The third kappa shape index (κ3) is 11.7. The van der Waals surface area contributed by atoms with Crippen molar-refractivity contribution in [1.29, 1.82) is 0 Å². The standard InChI is InChI=1S/C13H27N/c1-4-5-6-7-8-9-10-11-12-13-14(2)3/h9-10H,4-8,11-13H2,1-3H3/b10-9-. The summed E-state index contributed by atoms with van der Waals surface area (Å²) < 4.78 is 0. The normalized spacial score (nSPS) is 11.7. The third-order valence-electron chi connectivity index (χ3n) is 2.37. The summed E-state index contributed by atoms with van der Waals surface area (Å²) in [5, 5.41) is 0. The lowest BCUT2D eigenvalue weighted by Gasteiger charge is -2.06. The van der Waals surface area contributed by atoms with Gasteiger partial charge in [0.25, 0.3) is 0 Å². The molecule has 0 aromatic heterocycles. The zero-order chi connectivity index (χ0) is 10.6. The van der Waals surface area contributed by atoms with Crippen LogP contribution in [0.15, 0.2) is 12.2 Å². The summed E-state index contributed by atoms with van der Waals surface area (Å²) in [7, 11) is 4.27. The molecule has 14 heavy (non-hydrogen) atoms. The highest BCUT2D eigenvalue weighted by Crippen LogP contribution is 2.03. The maximum Gasteiger partial charge on any atom is -0.00219 e. The van der Waals surface area contributed by atoms with E-state index >= 15 is 0 Å². The molecule has 0 bridgehead atoms. The van der Waals surface area contributed by atoms with Crippen molar-refractivity contribution in [2.75, 3.05) is 20.6 Å². The number of hydrogen-bond acceptors (Lipinski definition) is 1. The molecule has 0 aromatic carbocycles. The van der Waals surface area contributed by atoms with Gasteiger partial charge in [0.2, 0.25) is 0 Å². The molecule has 0 fully saturated rings. The fourth-order valence-corrected chi connectivity index (χ4v) is 1.45. The molecule has 0 spiro atoms. The summed E-state index contributed by atoms with van der Waals surface area (Å²) in [4.78, 5) is 2.25. The van der Waals surface area contributed by atoms with Crippen LogP contribution in [0.2, 0.25) is 0 Å². The molecule has 0 saturated carbocycles. The van der Waals surface area contributed by atoms with Crippen LogP contribution in [0, 0.1) is 0 Å². The van der Waals surface area contributed by atoms with E-state index in [1.54, 1.807) is 0 Å². The second-order valence-corrected chi connectivity index (χ2v) is 4.27. The predicted molar refractivity (Wildman–Crippen MR) is 65.7 cm³/mol. The fourth-order valence-electron chi connectivity index (χ4n) is 1.45. The molecule has 0 aliphatic carbocycles. The highest BCUT2D eigenvalue weighted by atomic mass is 15.0. The molecular formula is C13H27N. The third-order valence-corrected chi connectivity index (χ3v) is 2.37. The van der Waals surface area contributed by atoms with Crippen LogP contribution in [0.25, 0.3) is 0 Å². The Bertz CT molecular complexity index is 127. The van der Waals surface area contributed by atoms with E-state index in [4.69, 9.17) is 0 Å². The van der Waals surface area contributed by atoms with Crippen LogP contribution in [-0.2, 0) is 0 Å². The van der Waals surface area contributed by atoms with E-state index in [1.807, 2.05) is 0 Å². The Morgan fingerprint density at radius 3 is 2.07 bits per heavy atom. The van der Waals surface area contributed by atoms with Crippen LogP contribution in [0.1, 0.15) is 51.9 Å². The lowest BCUT2D eigenvalue weighted by Crippen LogP contribution is -2.12. The molecule has 0 unspecified atom stereocenters. The average Bonchev–Trinajstić information content (AvgIpc) is 2.15. The number of nitrogens with zero attached hydrogens (tertiary/aromatic N) is 1. The van der Waals surface area contributed by atoms with Crippen molar-refractivity contribution >= 4 is 0 Å². The van der Waals surface area contributed by atoms with Crippen molar-refractivity contribution in [2.24, 2.45) is 0 Å².